The molecule has 1 heterocycles. The number of piperazine rings is 1. The van der Waals surface area contributed by atoms with Gasteiger partial charge in [-0.25, -0.2) is 9.59 Å². The molecule has 1 N–H and O–H groups in total. The molecule has 7 heteroatoms. The Bertz CT molecular complexity index is 568. The molecular formula is C18H29N5O2. The number of likely N-dealkylation sites (N-methyl/N-ethyl adjacent to an activating group) is 1. The standard InChI is InChI=1S/C18H29N5O2/c1-20(2)16(15-8-6-5-7-9-15)14-19-17(24)22-10-12-23(13-11-22)18(25)21(3)4/h5-9,16H,10-14H2,1-4H3,(H,19,24). The molecular weight excluding hydrogens is 318 g/mol. The van der Waals surface area contributed by atoms with Crippen LogP contribution in [-0.2, 0) is 0 Å². The average molecular weight is 347 g/mol. The Kier molecular flexibility index (Phi) is 6.64. The highest BCUT2D eigenvalue weighted by Gasteiger charge is 2.25. The predicted molar refractivity (Wildman–Crippen MR) is 98.5 cm³/mol. The van der Waals surface area contributed by atoms with E-state index < -0.39 is 0 Å². The van der Waals surface area contributed by atoms with Crippen LogP contribution in [0, 0.1) is 0 Å². The van der Waals surface area contributed by atoms with E-state index in [1.807, 2.05) is 32.3 Å². The van der Waals surface area contributed by atoms with E-state index in [-0.39, 0.29) is 18.1 Å². The molecule has 0 aromatic heterocycles. The van der Waals surface area contributed by atoms with Crippen LogP contribution in [0.4, 0.5) is 9.59 Å². The molecule has 1 saturated heterocycles. The van der Waals surface area contributed by atoms with Gasteiger partial charge < -0.3 is 24.9 Å². The fourth-order valence-electron chi connectivity index (χ4n) is 2.95. The van der Waals surface area contributed by atoms with Crippen molar-refractivity contribution < 1.29 is 9.59 Å². The third kappa shape index (κ3) is 5.09. The summed E-state index contributed by atoms with van der Waals surface area (Å²) in [5.41, 5.74) is 1.18. The van der Waals surface area contributed by atoms with Gasteiger partial charge in [0.2, 0.25) is 0 Å². The van der Waals surface area contributed by atoms with E-state index in [0.717, 1.165) is 0 Å². The van der Waals surface area contributed by atoms with Crippen LogP contribution in [-0.4, -0.2) is 92.6 Å². The van der Waals surface area contributed by atoms with Crippen molar-refractivity contribution in [2.45, 2.75) is 6.04 Å². The van der Waals surface area contributed by atoms with E-state index in [4.69, 9.17) is 0 Å². The molecule has 0 saturated carbocycles. The number of amides is 4. The summed E-state index contributed by atoms with van der Waals surface area (Å²) >= 11 is 0. The first-order valence-electron chi connectivity index (χ1n) is 8.60. The zero-order valence-electron chi connectivity index (χ0n) is 15.6. The van der Waals surface area contributed by atoms with Gasteiger partial charge in [-0.05, 0) is 19.7 Å². The van der Waals surface area contributed by atoms with Crippen molar-refractivity contribution in [1.82, 2.24) is 24.9 Å². The van der Waals surface area contributed by atoms with E-state index in [1.54, 1.807) is 28.8 Å². The molecule has 0 aliphatic carbocycles. The predicted octanol–water partition coefficient (Wildman–Crippen LogP) is 1.30. The fraction of sp³-hybridized carbons (Fsp3) is 0.556. The highest BCUT2D eigenvalue weighted by molar-refractivity contribution is 5.76. The number of hydrogen-bond acceptors (Lipinski definition) is 3. The van der Waals surface area contributed by atoms with Gasteiger partial charge >= 0.3 is 12.1 Å². The van der Waals surface area contributed by atoms with Gasteiger partial charge in [-0.1, -0.05) is 30.3 Å². The van der Waals surface area contributed by atoms with Gasteiger partial charge in [-0.15, -0.1) is 0 Å². The molecule has 7 nitrogen and oxygen atoms in total. The summed E-state index contributed by atoms with van der Waals surface area (Å²) in [5.74, 6) is 0. The lowest BCUT2D eigenvalue weighted by atomic mass is 10.1. The second kappa shape index (κ2) is 8.71. The maximum absolute atomic E-state index is 12.4. The SMILES string of the molecule is CN(C)C(=O)N1CCN(C(=O)NCC(c2ccccc2)N(C)C)CC1. The molecule has 4 amide bonds. The van der Waals surface area contributed by atoms with Crippen molar-refractivity contribution in [1.29, 1.82) is 0 Å². The Morgan fingerprint density at radius 1 is 1.00 bits per heavy atom. The number of benzene rings is 1. The van der Waals surface area contributed by atoms with Gasteiger partial charge in [-0.2, -0.15) is 0 Å². The number of carbonyl (C=O) groups excluding carboxylic acids is 2. The number of nitrogens with one attached hydrogen (secondary N) is 1. The van der Waals surface area contributed by atoms with Gasteiger partial charge in [0.25, 0.3) is 0 Å². The third-order valence-corrected chi connectivity index (χ3v) is 4.47. The van der Waals surface area contributed by atoms with Crippen molar-refractivity contribution in [3.05, 3.63) is 35.9 Å². The Morgan fingerprint density at radius 2 is 1.56 bits per heavy atom. The van der Waals surface area contributed by atoms with Crippen LogP contribution in [0.1, 0.15) is 11.6 Å². The van der Waals surface area contributed by atoms with Crippen molar-refractivity contribution in [2.75, 3.05) is 60.9 Å². The zero-order valence-corrected chi connectivity index (χ0v) is 15.6. The molecule has 0 bridgehead atoms. The molecule has 25 heavy (non-hydrogen) atoms. The van der Waals surface area contributed by atoms with Crippen molar-refractivity contribution in [3.63, 3.8) is 0 Å². The molecule has 1 atom stereocenters. The molecule has 1 aromatic rings. The van der Waals surface area contributed by atoms with Crippen LogP contribution < -0.4 is 5.32 Å². The van der Waals surface area contributed by atoms with E-state index in [0.29, 0.717) is 32.7 Å². The molecule has 1 fully saturated rings. The molecule has 0 spiro atoms. The average Bonchev–Trinajstić information content (AvgIpc) is 2.61. The first-order chi connectivity index (χ1) is 11.9. The molecule has 1 aliphatic heterocycles. The lowest BCUT2D eigenvalue weighted by Gasteiger charge is -2.36. The van der Waals surface area contributed by atoms with Crippen LogP contribution >= 0.6 is 0 Å². The lowest BCUT2D eigenvalue weighted by molar-refractivity contribution is 0.128. The van der Waals surface area contributed by atoms with Crippen LogP contribution in [0.15, 0.2) is 30.3 Å². The van der Waals surface area contributed by atoms with Crippen LogP contribution in [0.3, 0.4) is 0 Å². The first-order valence-corrected chi connectivity index (χ1v) is 8.60. The number of carbonyl (C=O) groups is 2. The molecule has 138 valence electrons. The van der Waals surface area contributed by atoms with Gasteiger partial charge in [0.05, 0.1) is 6.04 Å². The Labute approximate surface area is 150 Å². The van der Waals surface area contributed by atoms with Gasteiger partial charge in [0.1, 0.15) is 0 Å². The van der Waals surface area contributed by atoms with Crippen molar-refractivity contribution >= 4 is 12.1 Å². The van der Waals surface area contributed by atoms with Crippen LogP contribution in [0.25, 0.3) is 0 Å². The topological polar surface area (TPSA) is 59.1 Å². The monoisotopic (exact) mass is 347 g/mol. The minimum atomic E-state index is -0.0697. The molecule has 1 unspecified atom stereocenters. The summed E-state index contributed by atoms with van der Waals surface area (Å²) in [5, 5.41) is 3.03. The largest absolute Gasteiger partial charge is 0.336 e. The van der Waals surface area contributed by atoms with E-state index in [9.17, 15) is 9.59 Å². The Balaban J connectivity index is 1.85. The molecule has 0 radical (unpaired) electrons. The zero-order chi connectivity index (χ0) is 18.4. The molecule has 1 aromatic carbocycles. The third-order valence-electron chi connectivity index (χ3n) is 4.47. The molecule has 2 rings (SSSR count). The minimum absolute atomic E-state index is 0.00296. The van der Waals surface area contributed by atoms with E-state index in [2.05, 4.69) is 22.3 Å². The van der Waals surface area contributed by atoms with Gasteiger partial charge in [0, 0.05) is 46.8 Å². The van der Waals surface area contributed by atoms with Crippen LogP contribution in [0.5, 0.6) is 0 Å². The number of rotatable bonds is 4. The number of nitrogens with zero attached hydrogens (tertiary/aromatic N) is 4. The fourth-order valence-corrected chi connectivity index (χ4v) is 2.95. The molecule has 1 aliphatic rings. The maximum atomic E-state index is 12.4. The summed E-state index contributed by atoms with van der Waals surface area (Å²) in [4.78, 5) is 31.6. The maximum Gasteiger partial charge on any atom is 0.319 e. The lowest BCUT2D eigenvalue weighted by Crippen LogP contribution is -2.55. The smallest absolute Gasteiger partial charge is 0.319 e. The van der Waals surface area contributed by atoms with Crippen molar-refractivity contribution in [3.8, 4) is 0 Å². The van der Waals surface area contributed by atoms with Gasteiger partial charge in [-0.3, -0.25) is 0 Å². The summed E-state index contributed by atoms with van der Waals surface area (Å²) in [6.07, 6.45) is 0. The number of urea groups is 2. The van der Waals surface area contributed by atoms with E-state index >= 15 is 0 Å². The van der Waals surface area contributed by atoms with E-state index in [1.165, 1.54) is 5.56 Å². The normalized spacial score (nSPS) is 15.9. The second-order valence-electron chi connectivity index (χ2n) is 6.73. The first kappa shape index (κ1) is 19.1. The summed E-state index contributed by atoms with van der Waals surface area (Å²) < 4.78 is 0. The minimum Gasteiger partial charge on any atom is -0.336 e. The van der Waals surface area contributed by atoms with Crippen molar-refractivity contribution in [2.24, 2.45) is 0 Å². The quantitative estimate of drug-likeness (QED) is 0.893. The van der Waals surface area contributed by atoms with Gasteiger partial charge in [0.15, 0.2) is 0 Å². The summed E-state index contributed by atoms with van der Waals surface area (Å²) in [6.45, 7) is 2.81. The second-order valence-corrected chi connectivity index (χ2v) is 6.73. The highest BCUT2D eigenvalue weighted by Crippen LogP contribution is 2.16. The summed E-state index contributed by atoms with van der Waals surface area (Å²) in [6, 6.07) is 10.2. The summed E-state index contributed by atoms with van der Waals surface area (Å²) in [7, 11) is 7.50. The highest BCUT2D eigenvalue weighted by atomic mass is 16.2. The van der Waals surface area contributed by atoms with Crippen LogP contribution in [0.2, 0.25) is 0 Å². The number of hydrogen-bond donors (Lipinski definition) is 1. The Morgan fingerprint density at radius 3 is 2.08 bits per heavy atom. The Hall–Kier alpha value is -2.28.